The van der Waals surface area contributed by atoms with E-state index in [-0.39, 0.29) is 5.69 Å². The highest BCUT2D eigenvalue weighted by Gasteiger charge is 2.22. The Morgan fingerprint density at radius 1 is 0.972 bits per heavy atom. The van der Waals surface area contributed by atoms with Crippen LogP contribution in [0.4, 0.5) is 11.5 Å². The number of fused-ring (bicyclic) bond motifs is 1. The Morgan fingerprint density at radius 2 is 1.75 bits per heavy atom. The Labute approximate surface area is 206 Å². The molecule has 0 saturated heterocycles. The summed E-state index contributed by atoms with van der Waals surface area (Å²) in [5, 5.41) is 8.30. The van der Waals surface area contributed by atoms with Crippen LogP contribution in [0.15, 0.2) is 65.5 Å². The van der Waals surface area contributed by atoms with Crippen LogP contribution in [0, 0.1) is 13.8 Å². The number of methoxy groups -OCH3 is 2. The zero-order valence-electron chi connectivity index (χ0n) is 20.3. The maximum atomic E-state index is 12.6. The molecular formula is C27H25N5O4. The highest BCUT2D eigenvalue weighted by molar-refractivity contribution is 5.98. The molecule has 0 spiro atoms. The lowest BCUT2D eigenvalue weighted by Crippen LogP contribution is -2.09. The molecule has 3 N–H and O–H groups in total. The fourth-order valence-corrected chi connectivity index (χ4v) is 4.32. The monoisotopic (exact) mass is 483 g/mol. The minimum atomic E-state index is -0.497. The van der Waals surface area contributed by atoms with E-state index in [1.807, 2.05) is 61.0 Å². The minimum Gasteiger partial charge on any atom is -0.497 e. The zero-order valence-corrected chi connectivity index (χ0v) is 20.3. The van der Waals surface area contributed by atoms with Crippen molar-refractivity contribution in [3.8, 4) is 22.6 Å². The number of H-pyrrole nitrogens is 2. The Bertz CT molecular complexity index is 1660. The fourth-order valence-electron chi connectivity index (χ4n) is 4.32. The summed E-state index contributed by atoms with van der Waals surface area (Å²) >= 11 is 0. The van der Waals surface area contributed by atoms with E-state index in [1.165, 1.54) is 7.11 Å². The number of benzene rings is 3. The first kappa shape index (κ1) is 23.0. The van der Waals surface area contributed by atoms with Crippen LogP contribution >= 0.6 is 0 Å². The number of aryl methyl sites for hydroxylation is 2. The molecule has 36 heavy (non-hydrogen) atoms. The molecule has 5 aromatic rings. The fraction of sp³-hybridized carbons (Fsp3) is 0.148. The predicted octanol–water partition coefficient (Wildman–Crippen LogP) is 4.86. The van der Waals surface area contributed by atoms with Gasteiger partial charge in [0.25, 0.3) is 0 Å². The van der Waals surface area contributed by atoms with Crippen molar-refractivity contribution in [2.45, 2.75) is 13.8 Å². The average Bonchev–Trinajstić information content (AvgIpc) is 3.41. The number of aromatic nitrogens is 4. The molecule has 3 aromatic carbocycles. The number of hydrogen-bond donors (Lipinski definition) is 3. The second-order valence-electron chi connectivity index (χ2n) is 8.37. The van der Waals surface area contributed by atoms with Crippen LogP contribution in [-0.4, -0.2) is 39.9 Å². The number of hydrogen-bond acceptors (Lipinski definition) is 6. The Morgan fingerprint density at radius 3 is 2.50 bits per heavy atom. The maximum Gasteiger partial charge on any atom is 0.340 e. The van der Waals surface area contributed by atoms with Crippen molar-refractivity contribution in [2.75, 3.05) is 19.5 Å². The van der Waals surface area contributed by atoms with Gasteiger partial charge in [0.1, 0.15) is 11.6 Å². The Hall–Kier alpha value is -4.79. The van der Waals surface area contributed by atoms with Crippen molar-refractivity contribution in [3.05, 3.63) is 88.0 Å². The molecule has 0 saturated carbocycles. The van der Waals surface area contributed by atoms with E-state index < -0.39 is 5.97 Å². The lowest BCUT2D eigenvalue weighted by atomic mass is 10.0. The molecule has 0 aliphatic rings. The van der Waals surface area contributed by atoms with Gasteiger partial charge in [-0.05, 0) is 61.4 Å². The Kier molecular flexibility index (Phi) is 5.81. The molecule has 0 atom stereocenters. The van der Waals surface area contributed by atoms with Crippen LogP contribution in [0.3, 0.4) is 0 Å². The van der Waals surface area contributed by atoms with Crippen molar-refractivity contribution in [2.24, 2.45) is 0 Å². The van der Waals surface area contributed by atoms with Gasteiger partial charge in [0.05, 0.1) is 47.9 Å². The van der Waals surface area contributed by atoms with Crippen molar-refractivity contribution in [1.29, 1.82) is 0 Å². The number of ether oxygens (including phenoxy) is 2. The Balaban J connectivity index is 1.75. The van der Waals surface area contributed by atoms with Gasteiger partial charge in [0.2, 0.25) is 0 Å². The van der Waals surface area contributed by atoms with E-state index >= 15 is 0 Å². The summed E-state index contributed by atoms with van der Waals surface area (Å²) < 4.78 is 12.2. The predicted molar refractivity (Wildman–Crippen MR) is 139 cm³/mol. The highest BCUT2D eigenvalue weighted by Crippen LogP contribution is 2.38. The molecule has 0 unspecified atom stereocenters. The van der Waals surface area contributed by atoms with E-state index in [4.69, 9.17) is 14.6 Å². The first-order chi connectivity index (χ1) is 17.4. The van der Waals surface area contributed by atoms with Gasteiger partial charge in [-0.2, -0.15) is 5.10 Å². The summed E-state index contributed by atoms with van der Waals surface area (Å²) in [5.74, 6) is 0.698. The van der Waals surface area contributed by atoms with Crippen LogP contribution < -0.4 is 15.7 Å². The molecule has 2 aromatic heterocycles. The summed E-state index contributed by atoms with van der Waals surface area (Å²) in [7, 11) is 2.88. The van der Waals surface area contributed by atoms with Crippen LogP contribution in [0.2, 0.25) is 0 Å². The standard InChI is InChI=1S/C27H25N5O4/c1-15-7-5-6-8-23(15)32-25(28-20-12-10-18(35-3)14-19(20)26(33)36-4)24(16(2)31-32)17-9-11-21-22(13-17)30-27(34)29-21/h5-14,28H,1-4H3,(H2,29,30,34). The molecule has 9 heteroatoms. The second kappa shape index (κ2) is 9.10. The van der Waals surface area contributed by atoms with Crippen LogP contribution in [0.1, 0.15) is 21.6 Å². The number of rotatable bonds is 6. The van der Waals surface area contributed by atoms with Gasteiger partial charge < -0.3 is 24.8 Å². The number of esters is 1. The number of para-hydroxylation sites is 1. The lowest BCUT2D eigenvalue weighted by molar-refractivity contribution is 0.0601. The van der Waals surface area contributed by atoms with E-state index in [9.17, 15) is 9.59 Å². The maximum absolute atomic E-state index is 12.6. The third-order valence-electron chi connectivity index (χ3n) is 6.09. The van der Waals surface area contributed by atoms with E-state index in [0.717, 1.165) is 28.1 Å². The normalized spacial score (nSPS) is 11.0. The van der Waals surface area contributed by atoms with Gasteiger partial charge in [-0.15, -0.1) is 0 Å². The molecular weight excluding hydrogens is 458 g/mol. The number of nitrogens with zero attached hydrogens (tertiary/aromatic N) is 2. The second-order valence-corrected chi connectivity index (χ2v) is 8.37. The first-order valence-electron chi connectivity index (χ1n) is 11.3. The number of imidazole rings is 1. The van der Waals surface area contributed by atoms with Crippen molar-refractivity contribution in [1.82, 2.24) is 19.7 Å². The molecule has 5 rings (SSSR count). The lowest BCUT2D eigenvalue weighted by Gasteiger charge is -2.16. The summed E-state index contributed by atoms with van der Waals surface area (Å²) in [4.78, 5) is 30.0. The van der Waals surface area contributed by atoms with E-state index in [1.54, 1.807) is 25.3 Å². The molecule has 0 radical (unpaired) electrons. The summed E-state index contributed by atoms with van der Waals surface area (Å²) in [5.41, 5.74) is 6.36. The number of aromatic amines is 2. The highest BCUT2D eigenvalue weighted by atomic mass is 16.5. The largest absolute Gasteiger partial charge is 0.497 e. The number of carbonyl (C=O) groups is 1. The molecule has 0 aliphatic heterocycles. The topological polar surface area (TPSA) is 114 Å². The number of nitrogens with one attached hydrogen (secondary N) is 3. The molecule has 182 valence electrons. The van der Waals surface area contributed by atoms with Gasteiger partial charge in [0, 0.05) is 5.56 Å². The van der Waals surface area contributed by atoms with E-state index in [0.29, 0.717) is 33.9 Å². The first-order valence-corrected chi connectivity index (χ1v) is 11.3. The van der Waals surface area contributed by atoms with Crippen molar-refractivity contribution >= 4 is 28.5 Å². The molecule has 2 heterocycles. The SMILES string of the molecule is COC(=O)c1cc(OC)ccc1Nc1c(-c2ccc3[nH]c(=O)[nH]c3c2)c(C)nn1-c1ccccc1C. The average molecular weight is 484 g/mol. The van der Waals surface area contributed by atoms with E-state index in [2.05, 4.69) is 15.3 Å². The van der Waals surface area contributed by atoms with Gasteiger partial charge in [0.15, 0.2) is 0 Å². The summed E-state index contributed by atoms with van der Waals surface area (Å²) in [6, 6.07) is 18.8. The van der Waals surface area contributed by atoms with Crippen LogP contribution in [0.5, 0.6) is 5.75 Å². The molecule has 9 nitrogen and oxygen atoms in total. The summed E-state index contributed by atoms with van der Waals surface area (Å²) in [6.45, 7) is 3.94. The minimum absolute atomic E-state index is 0.270. The van der Waals surface area contributed by atoms with Crippen molar-refractivity contribution < 1.29 is 14.3 Å². The molecule has 0 amide bonds. The molecule has 0 fully saturated rings. The number of anilines is 2. The third kappa shape index (κ3) is 4.00. The number of carbonyl (C=O) groups excluding carboxylic acids is 1. The van der Waals surface area contributed by atoms with Gasteiger partial charge >= 0.3 is 11.7 Å². The zero-order chi connectivity index (χ0) is 25.4. The van der Waals surface area contributed by atoms with Crippen LogP contribution in [-0.2, 0) is 4.74 Å². The molecule has 0 bridgehead atoms. The smallest absolute Gasteiger partial charge is 0.340 e. The summed E-state index contributed by atoms with van der Waals surface area (Å²) in [6.07, 6.45) is 0. The van der Waals surface area contributed by atoms with Gasteiger partial charge in [-0.1, -0.05) is 24.3 Å². The quantitative estimate of drug-likeness (QED) is 0.297. The third-order valence-corrected chi connectivity index (χ3v) is 6.09. The van der Waals surface area contributed by atoms with Crippen molar-refractivity contribution in [3.63, 3.8) is 0 Å². The van der Waals surface area contributed by atoms with Gasteiger partial charge in [-0.25, -0.2) is 14.3 Å². The van der Waals surface area contributed by atoms with Crippen LogP contribution in [0.25, 0.3) is 27.8 Å². The van der Waals surface area contributed by atoms with Gasteiger partial charge in [-0.3, -0.25) is 0 Å². The molecule has 0 aliphatic carbocycles.